The lowest BCUT2D eigenvalue weighted by molar-refractivity contribution is 0.0374. The molecule has 1 aliphatic carbocycles. The number of morpholine rings is 1. The highest BCUT2D eigenvalue weighted by molar-refractivity contribution is 5.56. The Hall–Kier alpha value is -1.76. The molecule has 2 fully saturated rings. The Labute approximate surface area is 155 Å². The zero-order valence-corrected chi connectivity index (χ0v) is 15.7. The highest BCUT2D eigenvalue weighted by atomic mass is 16.5. The zero-order valence-electron chi connectivity index (χ0n) is 15.7. The SMILES string of the molecule is Cn1nccc1-c1cc(C2(CNCCCN3CCOCC3)CC2)ccn1. The third-order valence-corrected chi connectivity index (χ3v) is 5.70. The maximum atomic E-state index is 5.41. The van der Waals surface area contributed by atoms with Crippen LogP contribution < -0.4 is 5.32 Å². The molecule has 0 spiro atoms. The van der Waals surface area contributed by atoms with Crippen molar-refractivity contribution in [2.24, 2.45) is 7.05 Å². The number of ether oxygens (including phenoxy) is 1. The van der Waals surface area contributed by atoms with Crippen molar-refractivity contribution in [3.05, 3.63) is 36.2 Å². The average Bonchev–Trinajstić information content (AvgIpc) is 3.35. The molecular weight excluding hydrogens is 326 g/mol. The van der Waals surface area contributed by atoms with Crippen LogP contribution in [0.15, 0.2) is 30.6 Å². The van der Waals surface area contributed by atoms with Crippen LogP contribution in [0.4, 0.5) is 0 Å². The lowest BCUT2D eigenvalue weighted by atomic mass is 9.95. The largest absolute Gasteiger partial charge is 0.379 e. The van der Waals surface area contributed by atoms with E-state index in [9.17, 15) is 0 Å². The summed E-state index contributed by atoms with van der Waals surface area (Å²) in [5.74, 6) is 0. The molecule has 1 saturated carbocycles. The second-order valence-electron chi connectivity index (χ2n) is 7.53. The van der Waals surface area contributed by atoms with E-state index in [-0.39, 0.29) is 0 Å². The minimum atomic E-state index is 0.301. The smallest absolute Gasteiger partial charge is 0.0885 e. The van der Waals surface area contributed by atoms with E-state index in [1.807, 2.05) is 30.2 Å². The van der Waals surface area contributed by atoms with E-state index in [0.717, 1.165) is 50.8 Å². The van der Waals surface area contributed by atoms with Gasteiger partial charge in [-0.05, 0) is 56.1 Å². The van der Waals surface area contributed by atoms with Crippen molar-refractivity contribution in [2.75, 3.05) is 45.9 Å². The van der Waals surface area contributed by atoms with Crippen molar-refractivity contribution in [1.29, 1.82) is 0 Å². The summed E-state index contributed by atoms with van der Waals surface area (Å²) < 4.78 is 7.29. The fourth-order valence-corrected chi connectivity index (χ4v) is 3.82. The monoisotopic (exact) mass is 355 g/mol. The molecule has 2 aromatic heterocycles. The van der Waals surface area contributed by atoms with Crippen molar-refractivity contribution in [3.8, 4) is 11.4 Å². The molecule has 6 heteroatoms. The Bertz CT molecular complexity index is 718. The molecule has 0 amide bonds. The Morgan fingerprint density at radius 2 is 2.04 bits per heavy atom. The van der Waals surface area contributed by atoms with E-state index < -0.39 is 0 Å². The van der Waals surface area contributed by atoms with E-state index in [0.29, 0.717) is 5.41 Å². The summed E-state index contributed by atoms with van der Waals surface area (Å²) in [5.41, 5.74) is 3.79. The normalized spacial score (nSPS) is 19.6. The van der Waals surface area contributed by atoms with Crippen molar-refractivity contribution >= 4 is 0 Å². The molecule has 0 aromatic carbocycles. The van der Waals surface area contributed by atoms with E-state index in [1.165, 1.54) is 31.4 Å². The number of aromatic nitrogens is 3. The topological polar surface area (TPSA) is 55.2 Å². The molecule has 0 bridgehead atoms. The number of nitrogens with one attached hydrogen (secondary N) is 1. The van der Waals surface area contributed by atoms with Crippen LogP contribution in [-0.2, 0) is 17.2 Å². The summed E-state index contributed by atoms with van der Waals surface area (Å²) in [6.45, 7) is 7.25. The first-order valence-corrected chi connectivity index (χ1v) is 9.73. The van der Waals surface area contributed by atoms with Crippen molar-refractivity contribution in [1.82, 2.24) is 25.0 Å². The Balaban J connectivity index is 1.29. The van der Waals surface area contributed by atoms with Gasteiger partial charge in [-0.3, -0.25) is 14.6 Å². The molecule has 0 atom stereocenters. The third-order valence-electron chi connectivity index (χ3n) is 5.70. The minimum Gasteiger partial charge on any atom is -0.379 e. The predicted octanol–water partition coefficient (Wildman–Crippen LogP) is 1.83. The van der Waals surface area contributed by atoms with Crippen molar-refractivity contribution in [3.63, 3.8) is 0 Å². The first kappa shape index (κ1) is 17.6. The van der Waals surface area contributed by atoms with Crippen LogP contribution in [0.3, 0.4) is 0 Å². The molecule has 0 radical (unpaired) electrons. The van der Waals surface area contributed by atoms with E-state index >= 15 is 0 Å². The summed E-state index contributed by atoms with van der Waals surface area (Å²) >= 11 is 0. The van der Waals surface area contributed by atoms with Crippen molar-refractivity contribution in [2.45, 2.75) is 24.7 Å². The van der Waals surface area contributed by atoms with Gasteiger partial charge in [0.05, 0.1) is 24.6 Å². The maximum absolute atomic E-state index is 5.41. The molecule has 6 nitrogen and oxygen atoms in total. The van der Waals surface area contributed by atoms with Gasteiger partial charge in [-0.15, -0.1) is 0 Å². The number of rotatable bonds is 8. The maximum Gasteiger partial charge on any atom is 0.0885 e. The number of nitrogens with zero attached hydrogens (tertiary/aromatic N) is 4. The van der Waals surface area contributed by atoms with Crippen LogP contribution in [-0.4, -0.2) is 65.6 Å². The first-order chi connectivity index (χ1) is 12.8. The van der Waals surface area contributed by atoms with E-state index in [1.54, 1.807) is 0 Å². The van der Waals surface area contributed by atoms with Crippen LogP contribution >= 0.6 is 0 Å². The number of pyridine rings is 1. The van der Waals surface area contributed by atoms with Crippen LogP contribution in [0.25, 0.3) is 11.4 Å². The lowest BCUT2D eigenvalue weighted by Gasteiger charge is -2.26. The van der Waals surface area contributed by atoms with Crippen LogP contribution in [0.2, 0.25) is 0 Å². The van der Waals surface area contributed by atoms with Gasteiger partial charge < -0.3 is 10.1 Å². The Kier molecular flexibility index (Phi) is 5.33. The summed E-state index contributed by atoms with van der Waals surface area (Å²) in [5, 5.41) is 7.96. The van der Waals surface area contributed by atoms with Gasteiger partial charge in [0, 0.05) is 44.5 Å². The molecule has 2 aromatic rings. The Morgan fingerprint density at radius 3 is 2.77 bits per heavy atom. The first-order valence-electron chi connectivity index (χ1n) is 9.73. The fraction of sp³-hybridized carbons (Fsp3) is 0.600. The predicted molar refractivity (Wildman–Crippen MR) is 102 cm³/mol. The van der Waals surface area contributed by atoms with Gasteiger partial charge in [0.15, 0.2) is 0 Å². The Morgan fingerprint density at radius 1 is 1.19 bits per heavy atom. The average molecular weight is 355 g/mol. The fourth-order valence-electron chi connectivity index (χ4n) is 3.82. The molecule has 1 N–H and O–H groups in total. The molecule has 0 unspecified atom stereocenters. The molecule has 140 valence electrons. The molecule has 4 rings (SSSR count). The summed E-state index contributed by atoms with van der Waals surface area (Å²) in [7, 11) is 1.96. The van der Waals surface area contributed by atoms with Crippen molar-refractivity contribution < 1.29 is 4.74 Å². The molecule has 3 heterocycles. The van der Waals surface area contributed by atoms with Crippen LogP contribution in [0.5, 0.6) is 0 Å². The standard InChI is InChI=1S/C20H29N5O/c1-24-19(4-9-23-24)18-15-17(3-8-22-18)20(5-6-20)16-21-7-2-10-25-11-13-26-14-12-25/h3-4,8-9,15,21H,2,5-7,10-14,16H2,1H3. The number of aryl methyl sites for hydroxylation is 1. The highest BCUT2D eigenvalue weighted by Crippen LogP contribution is 2.48. The third kappa shape index (κ3) is 3.98. The van der Waals surface area contributed by atoms with Gasteiger partial charge in [-0.1, -0.05) is 0 Å². The van der Waals surface area contributed by atoms with Gasteiger partial charge in [0.1, 0.15) is 0 Å². The van der Waals surface area contributed by atoms with Gasteiger partial charge in [-0.2, -0.15) is 5.10 Å². The molecule has 26 heavy (non-hydrogen) atoms. The number of hydrogen-bond acceptors (Lipinski definition) is 5. The molecule has 1 saturated heterocycles. The second kappa shape index (κ2) is 7.86. The summed E-state index contributed by atoms with van der Waals surface area (Å²) in [4.78, 5) is 7.05. The minimum absolute atomic E-state index is 0.301. The lowest BCUT2D eigenvalue weighted by Crippen LogP contribution is -2.38. The van der Waals surface area contributed by atoms with E-state index in [2.05, 4.69) is 32.4 Å². The second-order valence-corrected chi connectivity index (χ2v) is 7.53. The summed E-state index contributed by atoms with van der Waals surface area (Å²) in [6.07, 6.45) is 7.49. The highest BCUT2D eigenvalue weighted by Gasteiger charge is 2.43. The van der Waals surface area contributed by atoms with Crippen LogP contribution in [0, 0.1) is 0 Å². The zero-order chi connectivity index (χ0) is 17.8. The quantitative estimate of drug-likeness (QED) is 0.732. The molecular formula is C20H29N5O. The van der Waals surface area contributed by atoms with Crippen LogP contribution in [0.1, 0.15) is 24.8 Å². The van der Waals surface area contributed by atoms with Gasteiger partial charge in [-0.25, -0.2) is 0 Å². The van der Waals surface area contributed by atoms with E-state index in [4.69, 9.17) is 4.74 Å². The van der Waals surface area contributed by atoms with Gasteiger partial charge in [0.25, 0.3) is 0 Å². The number of hydrogen-bond donors (Lipinski definition) is 1. The summed E-state index contributed by atoms with van der Waals surface area (Å²) in [6, 6.07) is 6.46. The van der Waals surface area contributed by atoms with Gasteiger partial charge >= 0.3 is 0 Å². The molecule has 1 aliphatic heterocycles. The van der Waals surface area contributed by atoms with Gasteiger partial charge in [0.2, 0.25) is 0 Å². The molecule has 2 aliphatic rings.